The number of rotatable bonds is 5. The van der Waals surface area contributed by atoms with Crippen LogP contribution in [0.15, 0.2) is 24.3 Å². The monoisotopic (exact) mass is 291 g/mol. The van der Waals surface area contributed by atoms with Crippen LogP contribution in [0.5, 0.6) is 0 Å². The Morgan fingerprint density at radius 1 is 1.48 bits per heavy atom. The summed E-state index contributed by atoms with van der Waals surface area (Å²) in [7, 11) is 0. The van der Waals surface area contributed by atoms with Crippen molar-refractivity contribution in [2.24, 2.45) is 0 Å². The molecule has 1 saturated heterocycles. The second kappa shape index (κ2) is 7.43. The summed E-state index contributed by atoms with van der Waals surface area (Å²) in [6.07, 6.45) is 4.05. The van der Waals surface area contributed by atoms with Gasteiger partial charge in [0.05, 0.1) is 17.4 Å². The average Bonchev–Trinajstić information content (AvgIpc) is 2.50. The molecule has 0 aromatic heterocycles. The highest BCUT2D eigenvalue weighted by molar-refractivity contribution is 5.97. The van der Waals surface area contributed by atoms with Gasteiger partial charge in [0.1, 0.15) is 0 Å². The van der Waals surface area contributed by atoms with Crippen LogP contribution in [-0.2, 0) is 4.79 Å². The first-order valence-corrected chi connectivity index (χ1v) is 7.65. The van der Waals surface area contributed by atoms with E-state index < -0.39 is 0 Å². The summed E-state index contributed by atoms with van der Waals surface area (Å²) in [4.78, 5) is 14.6. The summed E-state index contributed by atoms with van der Waals surface area (Å²) >= 11 is 0. The lowest BCUT2D eigenvalue weighted by atomic mass is 9.97. The largest absolute Gasteiger partial charge is 0.397 e. The Kier molecular flexibility index (Phi) is 5.59. The molecule has 21 heavy (non-hydrogen) atoms. The van der Waals surface area contributed by atoms with E-state index in [2.05, 4.69) is 10.2 Å². The zero-order valence-electron chi connectivity index (χ0n) is 12.6. The first-order chi connectivity index (χ1) is 10.1. The molecule has 2 atom stereocenters. The fourth-order valence-corrected chi connectivity index (χ4v) is 2.99. The number of aliphatic hydroxyl groups excluding tert-OH is 1. The molecule has 0 aliphatic carbocycles. The predicted octanol–water partition coefficient (Wildman–Crippen LogP) is 1.83. The molecule has 0 saturated carbocycles. The van der Waals surface area contributed by atoms with Crippen LogP contribution in [-0.4, -0.2) is 41.1 Å². The van der Waals surface area contributed by atoms with Gasteiger partial charge in [-0.1, -0.05) is 18.6 Å². The predicted molar refractivity (Wildman–Crippen MR) is 85.0 cm³/mol. The van der Waals surface area contributed by atoms with Crippen LogP contribution in [0.1, 0.15) is 32.6 Å². The van der Waals surface area contributed by atoms with E-state index in [4.69, 9.17) is 5.73 Å². The van der Waals surface area contributed by atoms with Crippen molar-refractivity contribution in [3.05, 3.63) is 24.3 Å². The van der Waals surface area contributed by atoms with Crippen LogP contribution >= 0.6 is 0 Å². The van der Waals surface area contributed by atoms with Crippen LogP contribution in [0, 0.1) is 0 Å². The summed E-state index contributed by atoms with van der Waals surface area (Å²) in [5.74, 6) is -0.0438. The molecule has 1 heterocycles. The summed E-state index contributed by atoms with van der Waals surface area (Å²) in [5.41, 5.74) is 7.09. The van der Waals surface area contributed by atoms with Gasteiger partial charge >= 0.3 is 0 Å². The van der Waals surface area contributed by atoms with E-state index in [0.29, 0.717) is 11.4 Å². The zero-order chi connectivity index (χ0) is 15.2. The number of aliphatic hydroxyl groups is 1. The van der Waals surface area contributed by atoms with Gasteiger partial charge in [-0.25, -0.2) is 0 Å². The van der Waals surface area contributed by atoms with Gasteiger partial charge in [-0.2, -0.15) is 0 Å². The lowest BCUT2D eigenvalue weighted by molar-refractivity contribution is -0.122. The summed E-state index contributed by atoms with van der Waals surface area (Å²) in [5, 5.41) is 12.1. The molecule has 1 amide bonds. The molecule has 4 N–H and O–H groups in total. The number of carbonyl (C=O) groups excluding carboxylic acids is 1. The molecule has 0 bridgehead atoms. The lowest BCUT2D eigenvalue weighted by Gasteiger charge is -2.39. The second-order valence-corrected chi connectivity index (χ2v) is 5.65. The smallest absolute Gasteiger partial charge is 0.241 e. The highest BCUT2D eigenvalue weighted by Crippen LogP contribution is 2.23. The van der Waals surface area contributed by atoms with Gasteiger partial charge in [-0.05, 0) is 44.9 Å². The van der Waals surface area contributed by atoms with Crippen molar-refractivity contribution < 1.29 is 9.90 Å². The summed E-state index contributed by atoms with van der Waals surface area (Å²) in [6.45, 7) is 2.99. The van der Waals surface area contributed by atoms with Crippen LogP contribution in [0.2, 0.25) is 0 Å². The molecule has 1 aromatic rings. The molecule has 0 radical (unpaired) electrons. The first-order valence-electron chi connectivity index (χ1n) is 7.65. The minimum absolute atomic E-state index is 0.0438. The maximum absolute atomic E-state index is 12.4. The maximum atomic E-state index is 12.4. The number of nitrogens with zero attached hydrogens (tertiary/aromatic N) is 1. The number of para-hydroxylation sites is 2. The number of carbonyl (C=O) groups is 1. The third-order valence-electron chi connectivity index (χ3n) is 4.23. The van der Waals surface area contributed by atoms with Crippen LogP contribution in [0.3, 0.4) is 0 Å². The summed E-state index contributed by atoms with van der Waals surface area (Å²) < 4.78 is 0. The molecular formula is C16H25N3O2. The van der Waals surface area contributed by atoms with Crippen molar-refractivity contribution in [2.75, 3.05) is 24.2 Å². The molecule has 1 fully saturated rings. The molecule has 2 rings (SSSR count). The van der Waals surface area contributed by atoms with Gasteiger partial charge in [-0.3, -0.25) is 9.69 Å². The third kappa shape index (κ3) is 3.95. The Hall–Kier alpha value is -1.59. The molecule has 5 heteroatoms. The number of nitrogen functional groups attached to an aromatic ring is 1. The van der Waals surface area contributed by atoms with E-state index in [1.807, 2.05) is 19.1 Å². The van der Waals surface area contributed by atoms with Gasteiger partial charge in [0.15, 0.2) is 0 Å². The van der Waals surface area contributed by atoms with Crippen molar-refractivity contribution in [1.29, 1.82) is 0 Å². The second-order valence-electron chi connectivity index (χ2n) is 5.65. The van der Waals surface area contributed by atoms with Crippen molar-refractivity contribution in [1.82, 2.24) is 4.90 Å². The van der Waals surface area contributed by atoms with E-state index in [1.54, 1.807) is 12.1 Å². The minimum Gasteiger partial charge on any atom is -0.397 e. The van der Waals surface area contributed by atoms with E-state index in [1.165, 1.54) is 6.42 Å². The van der Waals surface area contributed by atoms with Crippen molar-refractivity contribution in [2.45, 2.75) is 44.7 Å². The summed E-state index contributed by atoms with van der Waals surface area (Å²) in [6, 6.07) is 7.35. The SMILES string of the molecule is CC(C(=O)Nc1ccccc1N)N1CCCCC1CCO. The highest BCUT2D eigenvalue weighted by atomic mass is 16.3. The van der Waals surface area contributed by atoms with Gasteiger partial charge in [0.25, 0.3) is 0 Å². The van der Waals surface area contributed by atoms with Gasteiger partial charge in [-0.15, -0.1) is 0 Å². The molecule has 1 aromatic carbocycles. The number of hydrogen-bond donors (Lipinski definition) is 3. The van der Waals surface area contributed by atoms with Gasteiger partial charge in [0, 0.05) is 12.6 Å². The Bertz CT molecular complexity index is 476. The van der Waals surface area contributed by atoms with E-state index in [9.17, 15) is 9.90 Å². The lowest BCUT2D eigenvalue weighted by Crippen LogP contribution is -2.50. The molecule has 0 spiro atoms. The molecular weight excluding hydrogens is 266 g/mol. The number of piperidine rings is 1. The molecule has 1 aliphatic rings. The Morgan fingerprint density at radius 3 is 2.95 bits per heavy atom. The Morgan fingerprint density at radius 2 is 2.24 bits per heavy atom. The van der Waals surface area contributed by atoms with Crippen molar-refractivity contribution >= 4 is 17.3 Å². The molecule has 2 unspecified atom stereocenters. The average molecular weight is 291 g/mol. The van der Waals surface area contributed by atoms with E-state index >= 15 is 0 Å². The van der Waals surface area contributed by atoms with Crippen molar-refractivity contribution in [3.8, 4) is 0 Å². The number of anilines is 2. The topological polar surface area (TPSA) is 78.6 Å². The van der Waals surface area contributed by atoms with Crippen LogP contribution < -0.4 is 11.1 Å². The van der Waals surface area contributed by atoms with E-state index in [0.717, 1.165) is 25.8 Å². The Balaban J connectivity index is 2.02. The van der Waals surface area contributed by atoms with Gasteiger partial charge in [0.2, 0.25) is 5.91 Å². The first kappa shape index (κ1) is 15.8. The van der Waals surface area contributed by atoms with Gasteiger partial charge < -0.3 is 16.2 Å². The normalized spacial score (nSPS) is 21.0. The number of likely N-dealkylation sites (tertiary alicyclic amines) is 1. The molecule has 116 valence electrons. The molecule has 5 nitrogen and oxygen atoms in total. The Labute approximate surface area is 126 Å². The number of benzene rings is 1. The highest BCUT2D eigenvalue weighted by Gasteiger charge is 2.30. The third-order valence-corrected chi connectivity index (χ3v) is 4.23. The van der Waals surface area contributed by atoms with Crippen LogP contribution in [0.25, 0.3) is 0 Å². The number of amides is 1. The number of hydrogen-bond acceptors (Lipinski definition) is 4. The maximum Gasteiger partial charge on any atom is 0.241 e. The fourth-order valence-electron chi connectivity index (χ4n) is 2.99. The quantitative estimate of drug-likeness (QED) is 0.723. The minimum atomic E-state index is -0.221. The standard InChI is InChI=1S/C16H25N3O2/c1-12(19-10-5-4-6-13(19)9-11-20)16(21)18-15-8-3-2-7-14(15)17/h2-3,7-8,12-13,20H,4-6,9-11,17H2,1H3,(H,18,21). The molecule has 1 aliphatic heterocycles. The number of nitrogens with two attached hydrogens (primary N) is 1. The zero-order valence-corrected chi connectivity index (χ0v) is 12.6. The number of nitrogens with one attached hydrogen (secondary N) is 1. The fraction of sp³-hybridized carbons (Fsp3) is 0.562. The van der Waals surface area contributed by atoms with Crippen LogP contribution in [0.4, 0.5) is 11.4 Å². The van der Waals surface area contributed by atoms with E-state index in [-0.39, 0.29) is 24.6 Å². The van der Waals surface area contributed by atoms with Crippen molar-refractivity contribution in [3.63, 3.8) is 0 Å².